The quantitative estimate of drug-likeness (QED) is 0.565. The highest BCUT2D eigenvalue weighted by atomic mass is 127. The van der Waals surface area contributed by atoms with Crippen LogP contribution in [0.5, 0.6) is 11.5 Å². The van der Waals surface area contributed by atoms with Gasteiger partial charge in [-0.2, -0.15) is 5.10 Å². The molecule has 134 valence electrons. The third-order valence-corrected chi connectivity index (χ3v) is 4.70. The topological polar surface area (TPSA) is 65.4 Å². The summed E-state index contributed by atoms with van der Waals surface area (Å²) < 4.78 is 13.2. The second-order valence-corrected chi connectivity index (χ2v) is 6.71. The summed E-state index contributed by atoms with van der Waals surface area (Å²) in [6, 6.07) is 13.0. The number of ether oxygens (including phenoxy) is 2. The lowest BCUT2D eigenvalue weighted by Crippen LogP contribution is -2.14. The first-order valence-corrected chi connectivity index (χ1v) is 8.98. The molecule has 1 aromatic heterocycles. The van der Waals surface area contributed by atoms with E-state index in [1.165, 1.54) is 0 Å². The Bertz CT molecular complexity index is 910. The number of benzene rings is 2. The van der Waals surface area contributed by atoms with Gasteiger partial charge in [-0.3, -0.25) is 9.48 Å². The summed E-state index contributed by atoms with van der Waals surface area (Å²) >= 11 is 2.11. The lowest BCUT2D eigenvalue weighted by atomic mass is 10.1. The van der Waals surface area contributed by atoms with Crippen LogP contribution in [0.1, 0.15) is 15.9 Å². The van der Waals surface area contributed by atoms with Gasteiger partial charge >= 0.3 is 0 Å². The molecule has 0 aliphatic rings. The van der Waals surface area contributed by atoms with Crippen LogP contribution in [0.4, 0.5) is 5.69 Å². The van der Waals surface area contributed by atoms with Crippen LogP contribution in [0.2, 0.25) is 0 Å². The molecule has 0 radical (unpaired) electrons. The summed E-state index contributed by atoms with van der Waals surface area (Å²) in [6.45, 7) is 0.643. The van der Waals surface area contributed by atoms with E-state index in [4.69, 9.17) is 9.47 Å². The number of anilines is 1. The lowest BCUT2D eigenvalue weighted by molar-refractivity contribution is 0.102. The summed E-state index contributed by atoms with van der Waals surface area (Å²) in [6.07, 6.45) is 3.64. The monoisotopic (exact) mass is 463 g/mol. The largest absolute Gasteiger partial charge is 0.493 e. The van der Waals surface area contributed by atoms with Crippen molar-refractivity contribution in [1.29, 1.82) is 0 Å². The number of amides is 1. The minimum atomic E-state index is -0.202. The highest BCUT2D eigenvalue weighted by Gasteiger charge is 2.16. The summed E-state index contributed by atoms with van der Waals surface area (Å²) in [5.41, 5.74) is 2.31. The summed E-state index contributed by atoms with van der Waals surface area (Å²) in [7, 11) is 3.12. The predicted octanol–water partition coefficient (Wildman–Crippen LogP) is 3.81. The van der Waals surface area contributed by atoms with Gasteiger partial charge in [0.1, 0.15) is 0 Å². The van der Waals surface area contributed by atoms with Crippen LogP contribution in [0.25, 0.3) is 0 Å². The van der Waals surface area contributed by atoms with Crippen LogP contribution >= 0.6 is 22.6 Å². The highest BCUT2D eigenvalue weighted by molar-refractivity contribution is 14.1. The Balaban J connectivity index is 1.80. The molecule has 0 spiro atoms. The van der Waals surface area contributed by atoms with E-state index in [0.717, 1.165) is 14.8 Å². The molecule has 0 aliphatic carbocycles. The third-order valence-electron chi connectivity index (χ3n) is 3.81. The number of rotatable bonds is 6. The van der Waals surface area contributed by atoms with E-state index in [1.807, 2.05) is 41.2 Å². The average Bonchev–Trinajstić information content (AvgIpc) is 3.14. The molecule has 2 aromatic carbocycles. The molecule has 26 heavy (non-hydrogen) atoms. The van der Waals surface area contributed by atoms with E-state index in [0.29, 0.717) is 23.6 Å². The lowest BCUT2D eigenvalue weighted by Gasteiger charge is -2.12. The van der Waals surface area contributed by atoms with E-state index >= 15 is 0 Å². The number of aromatic nitrogens is 2. The Morgan fingerprint density at radius 3 is 2.62 bits per heavy atom. The molecule has 0 unspecified atom stereocenters. The fourth-order valence-electron chi connectivity index (χ4n) is 2.56. The Labute approximate surface area is 165 Å². The number of nitrogens with one attached hydrogen (secondary N) is 1. The second-order valence-electron chi connectivity index (χ2n) is 5.55. The molecule has 0 saturated heterocycles. The van der Waals surface area contributed by atoms with E-state index in [-0.39, 0.29) is 5.91 Å². The van der Waals surface area contributed by atoms with Gasteiger partial charge in [-0.15, -0.1) is 0 Å². The van der Waals surface area contributed by atoms with Crippen LogP contribution in [0.3, 0.4) is 0 Å². The van der Waals surface area contributed by atoms with Crippen molar-refractivity contribution in [1.82, 2.24) is 9.78 Å². The maximum absolute atomic E-state index is 12.7. The van der Waals surface area contributed by atoms with Gasteiger partial charge in [0.25, 0.3) is 5.91 Å². The normalized spacial score (nSPS) is 10.4. The summed E-state index contributed by atoms with van der Waals surface area (Å²) in [5, 5.41) is 7.14. The molecule has 0 fully saturated rings. The van der Waals surface area contributed by atoms with Crippen LogP contribution in [-0.4, -0.2) is 29.9 Å². The molecule has 0 aliphatic heterocycles. The van der Waals surface area contributed by atoms with Crippen LogP contribution in [0.15, 0.2) is 54.9 Å². The number of hydrogen-bond acceptors (Lipinski definition) is 4. The van der Waals surface area contributed by atoms with Gasteiger partial charge in [-0.1, -0.05) is 12.1 Å². The maximum atomic E-state index is 12.7. The zero-order valence-electron chi connectivity index (χ0n) is 14.4. The van der Waals surface area contributed by atoms with Gasteiger partial charge in [0.2, 0.25) is 0 Å². The number of carbonyl (C=O) groups is 1. The number of halogens is 1. The van der Waals surface area contributed by atoms with Crippen molar-refractivity contribution in [3.8, 4) is 11.5 Å². The summed E-state index contributed by atoms with van der Waals surface area (Å²) in [4.78, 5) is 12.7. The van der Waals surface area contributed by atoms with Crippen molar-refractivity contribution in [2.75, 3.05) is 19.5 Å². The zero-order valence-corrected chi connectivity index (χ0v) is 16.6. The van der Waals surface area contributed by atoms with Gasteiger partial charge in [0, 0.05) is 21.7 Å². The predicted molar refractivity (Wildman–Crippen MR) is 108 cm³/mol. The Hall–Kier alpha value is -2.55. The van der Waals surface area contributed by atoms with Crippen LogP contribution in [-0.2, 0) is 6.54 Å². The molecule has 1 N–H and O–H groups in total. The smallest absolute Gasteiger partial charge is 0.256 e. The summed E-state index contributed by atoms with van der Waals surface area (Å²) in [5.74, 6) is 0.909. The molecule has 1 heterocycles. The Kier molecular flexibility index (Phi) is 5.77. The van der Waals surface area contributed by atoms with Gasteiger partial charge in [-0.25, -0.2) is 0 Å². The zero-order chi connectivity index (χ0) is 18.5. The maximum Gasteiger partial charge on any atom is 0.256 e. The van der Waals surface area contributed by atoms with Crippen molar-refractivity contribution in [2.24, 2.45) is 0 Å². The van der Waals surface area contributed by atoms with Crippen LogP contribution in [0, 0.1) is 3.57 Å². The van der Waals surface area contributed by atoms with Crippen molar-refractivity contribution >= 4 is 34.2 Å². The first-order chi connectivity index (χ1) is 12.6. The molecule has 1 amide bonds. The SMILES string of the molecule is COc1cc(I)c(C(=O)Nc2cccc(Cn3cccn3)c2)cc1OC. The number of methoxy groups -OCH3 is 2. The van der Waals surface area contributed by atoms with Crippen LogP contribution < -0.4 is 14.8 Å². The molecule has 7 heteroatoms. The van der Waals surface area contributed by atoms with E-state index in [2.05, 4.69) is 33.0 Å². The Morgan fingerprint density at radius 1 is 1.15 bits per heavy atom. The van der Waals surface area contributed by atoms with Crippen molar-refractivity contribution in [3.63, 3.8) is 0 Å². The third kappa shape index (κ3) is 4.16. The molecule has 0 bridgehead atoms. The van der Waals surface area contributed by atoms with E-state index in [1.54, 1.807) is 32.5 Å². The fourth-order valence-corrected chi connectivity index (χ4v) is 3.24. The van der Waals surface area contributed by atoms with Gasteiger partial charge < -0.3 is 14.8 Å². The Morgan fingerprint density at radius 2 is 1.92 bits per heavy atom. The van der Waals surface area contributed by atoms with Gasteiger partial charge in [-0.05, 0) is 58.5 Å². The van der Waals surface area contributed by atoms with E-state index < -0.39 is 0 Å². The minimum absolute atomic E-state index is 0.202. The second kappa shape index (κ2) is 8.22. The number of nitrogens with zero attached hydrogens (tertiary/aromatic N) is 2. The minimum Gasteiger partial charge on any atom is -0.493 e. The molecule has 6 nitrogen and oxygen atoms in total. The van der Waals surface area contributed by atoms with Gasteiger partial charge in [0.05, 0.1) is 26.3 Å². The van der Waals surface area contributed by atoms with Gasteiger partial charge in [0.15, 0.2) is 11.5 Å². The first kappa shape index (κ1) is 18.2. The molecule has 0 atom stereocenters. The standard InChI is InChI=1S/C19H18IN3O3/c1-25-17-10-15(16(20)11-18(17)26-2)19(24)22-14-6-3-5-13(9-14)12-23-8-4-7-21-23/h3-11H,12H2,1-2H3,(H,22,24). The number of carbonyl (C=O) groups excluding carboxylic acids is 1. The van der Waals surface area contributed by atoms with Crippen molar-refractivity contribution < 1.29 is 14.3 Å². The van der Waals surface area contributed by atoms with Crippen molar-refractivity contribution in [2.45, 2.75) is 6.54 Å². The van der Waals surface area contributed by atoms with E-state index in [9.17, 15) is 4.79 Å². The fraction of sp³-hybridized carbons (Fsp3) is 0.158. The average molecular weight is 463 g/mol. The number of hydrogen-bond donors (Lipinski definition) is 1. The first-order valence-electron chi connectivity index (χ1n) is 7.90. The molecular weight excluding hydrogens is 445 g/mol. The highest BCUT2D eigenvalue weighted by Crippen LogP contribution is 2.31. The molecule has 0 saturated carbocycles. The molecule has 3 aromatic rings. The molecular formula is C19H18IN3O3. The molecule has 3 rings (SSSR count). The van der Waals surface area contributed by atoms with Crippen molar-refractivity contribution in [3.05, 3.63) is 69.6 Å².